The molecule has 34 heavy (non-hydrogen) atoms. The van der Waals surface area contributed by atoms with Crippen LogP contribution in [0.1, 0.15) is 29.2 Å². The van der Waals surface area contributed by atoms with E-state index in [1.54, 1.807) is 11.5 Å². The minimum atomic E-state index is -0.393. The van der Waals surface area contributed by atoms with Crippen LogP contribution < -0.4 is 10.7 Å². The summed E-state index contributed by atoms with van der Waals surface area (Å²) >= 11 is 0. The summed E-state index contributed by atoms with van der Waals surface area (Å²) in [6, 6.07) is 27.4. The van der Waals surface area contributed by atoms with Gasteiger partial charge in [0.05, 0.1) is 16.9 Å². The van der Waals surface area contributed by atoms with Crippen LogP contribution in [0.4, 0.5) is 4.39 Å². The van der Waals surface area contributed by atoms with Crippen LogP contribution in [-0.2, 0) is 6.54 Å². The molecule has 2 heterocycles. The first kappa shape index (κ1) is 21.6. The number of nitrogens with zero attached hydrogens (tertiary/aromatic N) is 3. The highest BCUT2D eigenvalue weighted by Gasteiger charge is 2.21. The van der Waals surface area contributed by atoms with E-state index >= 15 is 0 Å². The lowest BCUT2D eigenvalue weighted by Gasteiger charge is -2.25. The molecule has 0 aromatic heterocycles. The molecule has 0 N–H and O–H groups in total. The molecule has 3 aromatic rings. The highest BCUT2D eigenvalue weighted by atomic mass is 19.1. The van der Waals surface area contributed by atoms with E-state index in [1.807, 2.05) is 36.4 Å². The van der Waals surface area contributed by atoms with E-state index in [2.05, 4.69) is 29.4 Å². The molecule has 3 aromatic carbocycles. The van der Waals surface area contributed by atoms with Gasteiger partial charge in [0.15, 0.2) is 0 Å². The Morgan fingerprint density at radius 3 is 2.09 bits per heavy atom. The second-order valence-electron chi connectivity index (χ2n) is 8.34. The molecule has 170 valence electrons. The summed E-state index contributed by atoms with van der Waals surface area (Å²) in [6.45, 7) is 2.23. The number of pyridine rings is 1. The van der Waals surface area contributed by atoms with Crippen LogP contribution in [0, 0.1) is 12.7 Å². The van der Waals surface area contributed by atoms with Gasteiger partial charge in [0.25, 0.3) is 5.56 Å². The van der Waals surface area contributed by atoms with Crippen LogP contribution in [0.25, 0.3) is 16.9 Å². The first-order valence-electron chi connectivity index (χ1n) is 11.2. The standard InChI is InChI=1S/C28H24FN3O2/c1-19-27-25(30-32(28(27)34)23-14-12-22(29)13-15-23)18-26(33)31(19)17-16-24(20-8-4-2-5-9-20)21-10-6-3-7-11-21/h2-15,18,24,33H,16-17H2,1H3/p-1. The van der Waals surface area contributed by atoms with Crippen molar-refractivity contribution in [1.29, 1.82) is 0 Å². The minimum Gasteiger partial charge on any atom is -0.860 e. The van der Waals surface area contributed by atoms with Gasteiger partial charge in [-0.1, -0.05) is 60.7 Å². The molecule has 0 saturated carbocycles. The third-order valence-electron chi connectivity index (χ3n) is 6.28. The Morgan fingerprint density at radius 1 is 0.912 bits per heavy atom. The molecule has 0 unspecified atom stereocenters. The van der Waals surface area contributed by atoms with Crippen LogP contribution in [0.2, 0.25) is 0 Å². The van der Waals surface area contributed by atoms with Gasteiger partial charge in [-0.05, 0) is 60.7 Å². The maximum atomic E-state index is 13.3. The van der Waals surface area contributed by atoms with Crippen LogP contribution in [0.15, 0.2) is 95.8 Å². The van der Waals surface area contributed by atoms with Crippen LogP contribution in [-0.4, -0.2) is 14.3 Å². The second kappa shape index (κ2) is 8.98. The molecular weight excluding hydrogens is 429 g/mol. The van der Waals surface area contributed by atoms with E-state index in [0.29, 0.717) is 35.6 Å². The minimum absolute atomic E-state index is 0.109. The molecule has 0 aliphatic carbocycles. The number of rotatable bonds is 6. The number of hydrogen-bond donors (Lipinski definition) is 0. The van der Waals surface area contributed by atoms with E-state index in [4.69, 9.17) is 0 Å². The number of benzene rings is 3. The van der Waals surface area contributed by atoms with Gasteiger partial charge in [0.1, 0.15) is 5.82 Å². The molecule has 0 fully saturated rings. The Bertz CT molecular complexity index is 1400. The summed E-state index contributed by atoms with van der Waals surface area (Å²) in [5.41, 5.74) is 3.81. The fourth-order valence-electron chi connectivity index (χ4n) is 4.54. The van der Waals surface area contributed by atoms with Crippen molar-refractivity contribution in [2.24, 2.45) is 0 Å². The molecule has 0 saturated heterocycles. The third-order valence-corrected chi connectivity index (χ3v) is 6.28. The number of halogens is 1. The summed E-state index contributed by atoms with van der Waals surface area (Å²) in [4.78, 5) is 13.2. The Labute approximate surface area is 196 Å². The molecule has 6 heteroatoms. The van der Waals surface area contributed by atoms with Gasteiger partial charge in [-0.15, -0.1) is 0 Å². The van der Waals surface area contributed by atoms with Gasteiger partial charge >= 0.3 is 0 Å². The number of hydrogen-bond acceptors (Lipinski definition) is 3. The smallest absolute Gasteiger partial charge is 0.282 e. The predicted molar refractivity (Wildman–Crippen MR) is 128 cm³/mol. The van der Waals surface area contributed by atoms with Gasteiger partial charge in [-0.3, -0.25) is 4.79 Å². The quantitative estimate of drug-likeness (QED) is 0.369. The first-order valence-corrected chi connectivity index (χ1v) is 11.2. The van der Waals surface area contributed by atoms with Gasteiger partial charge in [0.2, 0.25) is 0 Å². The molecule has 2 aliphatic rings. The fourth-order valence-corrected chi connectivity index (χ4v) is 4.54. The maximum Gasteiger partial charge on any atom is 0.282 e. The Morgan fingerprint density at radius 2 is 1.50 bits per heavy atom. The molecule has 0 spiro atoms. The monoisotopic (exact) mass is 452 g/mol. The summed E-state index contributed by atoms with van der Waals surface area (Å²) in [5.74, 6) is -0.484. The average Bonchev–Trinajstić information content (AvgIpc) is 3.18. The van der Waals surface area contributed by atoms with E-state index < -0.39 is 5.82 Å². The van der Waals surface area contributed by atoms with Crippen LogP contribution >= 0.6 is 0 Å². The summed E-state index contributed by atoms with van der Waals surface area (Å²) in [6.07, 6.45) is 0.695. The Balaban J connectivity index is 1.52. The lowest BCUT2D eigenvalue weighted by Crippen LogP contribution is -2.19. The average molecular weight is 453 g/mol. The number of fused-ring (bicyclic) bond motifs is 1. The van der Waals surface area contributed by atoms with Crippen molar-refractivity contribution < 1.29 is 9.50 Å². The fraction of sp³-hybridized carbons (Fsp3) is 0.143. The number of aromatic nitrogens is 3. The van der Waals surface area contributed by atoms with Gasteiger partial charge < -0.3 is 9.67 Å². The summed E-state index contributed by atoms with van der Waals surface area (Å²) in [5, 5.41) is 17.3. The van der Waals surface area contributed by atoms with E-state index in [0.717, 1.165) is 0 Å². The normalized spacial score (nSPS) is 11.4. The second-order valence-corrected chi connectivity index (χ2v) is 8.34. The highest BCUT2D eigenvalue weighted by Crippen LogP contribution is 2.31. The first-order chi connectivity index (χ1) is 16.5. The van der Waals surface area contributed by atoms with E-state index in [1.165, 1.54) is 46.1 Å². The van der Waals surface area contributed by atoms with Crippen LogP contribution in [0.5, 0.6) is 5.88 Å². The SMILES string of the molecule is Cc1c2c(=O)n(-c3ccc(F)cc3)nc-2cc([O-])n1CCC(c1ccccc1)c1ccccc1. The molecule has 0 atom stereocenters. The van der Waals surface area contributed by atoms with E-state index in [9.17, 15) is 14.3 Å². The van der Waals surface area contributed by atoms with Crippen molar-refractivity contribution in [2.75, 3.05) is 0 Å². The topological polar surface area (TPSA) is 62.9 Å². The Kier molecular flexibility index (Phi) is 5.72. The van der Waals surface area contributed by atoms with Crippen molar-refractivity contribution in [3.8, 4) is 22.8 Å². The molecule has 0 bridgehead atoms. The van der Waals surface area contributed by atoms with Crippen molar-refractivity contribution in [1.82, 2.24) is 14.3 Å². The van der Waals surface area contributed by atoms with Crippen molar-refractivity contribution in [3.05, 3.63) is 124 Å². The largest absolute Gasteiger partial charge is 0.860 e. The predicted octanol–water partition coefficient (Wildman–Crippen LogP) is 4.88. The highest BCUT2D eigenvalue weighted by molar-refractivity contribution is 5.65. The third kappa shape index (κ3) is 3.99. The van der Waals surface area contributed by atoms with Crippen molar-refractivity contribution in [2.45, 2.75) is 25.8 Å². The van der Waals surface area contributed by atoms with Gasteiger partial charge in [-0.2, -0.15) is 9.78 Å². The zero-order valence-corrected chi connectivity index (χ0v) is 18.7. The Hall–Kier alpha value is -4.19. The van der Waals surface area contributed by atoms with Crippen molar-refractivity contribution >= 4 is 0 Å². The summed E-state index contributed by atoms with van der Waals surface area (Å²) < 4.78 is 16.2. The molecule has 2 aliphatic heterocycles. The van der Waals surface area contributed by atoms with E-state index in [-0.39, 0.29) is 17.4 Å². The molecule has 5 nitrogen and oxygen atoms in total. The van der Waals surface area contributed by atoms with Gasteiger partial charge in [0, 0.05) is 18.2 Å². The lowest BCUT2D eigenvalue weighted by molar-refractivity contribution is -0.279. The molecule has 0 amide bonds. The molecule has 0 radical (unpaired) electrons. The maximum absolute atomic E-state index is 13.3. The lowest BCUT2D eigenvalue weighted by atomic mass is 9.88. The van der Waals surface area contributed by atoms with Crippen molar-refractivity contribution in [3.63, 3.8) is 0 Å². The summed E-state index contributed by atoms with van der Waals surface area (Å²) in [7, 11) is 0. The molecule has 5 rings (SSSR count). The molecular formula is C28H23FN3O2-. The van der Waals surface area contributed by atoms with Crippen LogP contribution in [0.3, 0.4) is 0 Å². The zero-order chi connectivity index (χ0) is 23.7. The zero-order valence-electron chi connectivity index (χ0n) is 18.7. The van der Waals surface area contributed by atoms with Gasteiger partial charge in [-0.25, -0.2) is 4.39 Å².